The Labute approximate surface area is 117 Å². The molecule has 0 saturated carbocycles. The van der Waals surface area contributed by atoms with E-state index >= 15 is 0 Å². The second-order valence-corrected chi connectivity index (χ2v) is 4.16. The first kappa shape index (κ1) is 15.5. The van der Waals surface area contributed by atoms with Gasteiger partial charge < -0.3 is 20.4 Å². The number of ether oxygens (including phenoxy) is 2. The molecule has 6 nitrogen and oxygen atoms in total. The molecule has 1 aromatic heterocycles. The SMILES string of the molecule is CCCCOCCOc1nccc(/C(N)=N/O)c1Cl. The molecule has 7 heteroatoms. The monoisotopic (exact) mass is 287 g/mol. The number of pyridine rings is 1. The average Bonchev–Trinajstić information content (AvgIpc) is 2.43. The molecule has 0 unspecified atom stereocenters. The molecule has 1 heterocycles. The van der Waals surface area contributed by atoms with E-state index in [9.17, 15) is 0 Å². The molecule has 106 valence electrons. The molecule has 0 aliphatic heterocycles. The van der Waals surface area contributed by atoms with E-state index in [0.717, 1.165) is 12.8 Å². The molecule has 0 amide bonds. The van der Waals surface area contributed by atoms with E-state index in [4.69, 9.17) is 32.0 Å². The number of nitrogens with two attached hydrogens (primary N) is 1. The second-order valence-electron chi connectivity index (χ2n) is 3.78. The van der Waals surface area contributed by atoms with E-state index in [1.807, 2.05) is 0 Å². The third kappa shape index (κ3) is 4.92. The Morgan fingerprint density at radius 2 is 2.26 bits per heavy atom. The number of oxime groups is 1. The minimum atomic E-state index is -0.0866. The van der Waals surface area contributed by atoms with Crippen LogP contribution in [0.25, 0.3) is 0 Å². The molecule has 19 heavy (non-hydrogen) atoms. The van der Waals surface area contributed by atoms with Gasteiger partial charge in [-0.1, -0.05) is 30.1 Å². The summed E-state index contributed by atoms with van der Waals surface area (Å²) in [6, 6.07) is 1.54. The van der Waals surface area contributed by atoms with Crippen molar-refractivity contribution in [2.75, 3.05) is 19.8 Å². The van der Waals surface area contributed by atoms with Crippen LogP contribution in [-0.2, 0) is 4.74 Å². The smallest absolute Gasteiger partial charge is 0.233 e. The summed E-state index contributed by atoms with van der Waals surface area (Å²) < 4.78 is 10.7. The number of nitrogens with zero attached hydrogens (tertiary/aromatic N) is 2. The minimum absolute atomic E-state index is 0.0866. The summed E-state index contributed by atoms with van der Waals surface area (Å²) in [5.74, 6) is 0.154. The van der Waals surface area contributed by atoms with Crippen LogP contribution in [0.4, 0.5) is 0 Å². The van der Waals surface area contributed by atoms with Crippen LogP contribution in [-0.4, -0.2) is 35.8 Å². The zero-order valence-electron chi connectivity index (χ0n) is 10.8. The van der Waals surface area contributed by atoms with Crippen LogP contribution in [0.3, 0.4) is 0 Å². The van der Waals surface area contributed by atoms with E-state index in [0.29, 0.717) is 25.4 Å². The number of aromatic nitrogens is 1. The Balaban J connectivity index is 2.50. The molecule has 0 atom stereocenters. The van der Waals surface area contributed by atoms with Gasteiger partial charge in [0, 0.05) is 18.4 Å². The first-order chi connectivity index (χ1) is 9.20. The molecule has 0 spiro atoms. The highest BCUT2D eigenvalue weighted by Gasteiger charge is 2.12. The van der Waals surface area contributed by atoms with E-state index < -0.39 is 0 Å². The topological polar surface area (TPSA) is 90.0 Å². The fraction of sp³-hybridized carbons (Fsp3) is 0.500. The van der Waals surface area contributed by atoms with Crippen molar-refractivity contribution in [3.63, 3.8) is 0 Å². The highest BCUT2D eigenvalue weighted by molar-refractivity contribution is 6.35. The number of hydrogen-bond donors (Lipinski definition) is 2. The summed E-state index contributed by atoms with van der Waals surface area (Å²) in [5, 5.41) is 11.7. The summed E-state index contributed by atoms with van der Waals surface area (Å²) in [6.07, 6.45) is 3.60. The lowest BCUT2D eigenvalue weighted by atomic mass is 10.2. The van der Waals surface area contributed by atoms with Gasteiger partial charge in [0.2, 0.25) is 5.88 Å². The Morgan fingerprint density at radius 3 is 2.95 bits per heavy atom. The van der Waals surface area contributed by atoms with Gasteiger partial charge in [-0.15, -0.1) is 0 Å². The Bertz CT molecular complexity index is 427. The van der Waals surface area contributed by atoms with Crippen molar-refractivity contribution >= 4 is 17.4 Å². The summed E-state index contributed by atoms with van der Waals surface area (Å²) in [5.41, 5.74) is 5.86. The van der Waals surface area contributed by atoms with Crippen LogP contribution in [0.2, 0.25) is 5.02 Å². The van der Waals surface area contributed by atoms with Crippen LogP contribution in [0.1, 0.15) is 25.3 Å². The number of hydrogen-bond acceptors (Lipinski definition) is 5. The van der Waals surface area contributed by atoms with Crippen molar-refractivity contribution < 1.29 is 14.7 Å². The van der Waals surface area contributed by atoms with Gasteiger partial charge in [-0.3, -0.25) is 0 Å². The van der Waals surface area contributed by atoms with Crippen LogP contribution in [0.15, 0.2) is 17.4 Å². The fourth-order valence-electron chi connectivity index (χ4n) is 1.32. The quantitative estimate of drug-likeness (QED) is 0.251. The van der Waals surface area contributed by atoms with E-state index in [-0.39, 0.29) is 16.7 Å². The largest absolute Gasteiger partial charge is 0.474 e. The molecule has 0 saturated heterocycles. The van der Waals surface area contributed by atoms with Crippen molar-refractivity contribution in [1.82, 2.24) is 4.98 Å². The van der Waals surface area contributed by atoms with Crippen LogP contribution in [0, 0.1) is 0 Å². The summed E-state index contributed by atoms with van der Waals surface area (Å²) in [7, 11) is 0. The summed E-state index contributed by atoms with van der Waals surface area (Å²) >= 11 is 6.04. The highest BCUT2D eigenvalue weighted by Crippen LogP contribution is 2.25. The first-order valence-electron chi connectivity index (χ1n) is 6.03. The predicted octanol–water partition coefficient (Wildman–Crippen LogP) is 2.02. The van der Waals surface area contributed by atoms with E-state index in [1.54, 1.807) is 6.07 Å². The molecule has 0 fully saturated rings. The normalized spacial score (nSPS) is 11.6. The zero-order valence-corrected chi connectivity index (χ0v) is 11.6. The molecular formula is C12H18ClN3O3. The lowest BCUT2D eigenvalue weighted by molar-refractivity contribution is 0.0965. The summed E-state index contributed by atoms with van der Waals surface area (Å²) in [4.78, 5) is 3.99. The minimum Gasteiger partial charge on any atom is -0.474 e. The molecular weight excluding hydrogens is 270 g/mol. The molecule has 3 N–H and O–H groups in total. The van der Waals surface area contributed by atoms with Gasteiger partial charge in [0.05, 0.1) is 6.61 Å². The van der Waals surface area contributed by atoms with Crippen molar-refractivity contribution in [2.45, 2.75) is 19.8 Å². The van der Waals surface area contributed by atoms with Crippen LogP contribution >= 0.6 is 11.6 Å². The van der Waals surface area contributed by atoms with Gasteiger partial charge in [-0.2, -0.15) is 0 Å². The predicted molar refractivity (Wildman–Crippen MR) is 73.0 cm³/mol. The Morgan fingerprint density at radius 1 is 1.47 bits per heavy atom. The number of rotatable bonds is 8. The lowest BCUT2D eigenvalue weighted by Crippen LogP contribution is -2.15. The molecule has 0 radical (unpaired) electrons. The summed E-state index contributed by atoms with van der Waals surface area (Å²) in [6.45, 7) is 3.62. The number of unbranched alkanes of at least 4 members (excludes halogenated alkanes) is 1. The van der Waals surface area contributed by atoms with E-state index in [1.165, 1.54) is 6.20 Å². The second kappa shape index (κ2) is 8.55. The first-order valence-corrected chi connectivity index (χ1v) is 6.41. The number of amidine groups is 1. The Hall–Kier alpha value is -1.53. The fourth-order valence-corrected chi connectivity index (χ4v) is 1.59. The van der Waals surface area contributed by atoms with Gasteiger partial charge >= 0.3 is 0 Å². The van der Waals surface area contributed by atoms with Gasteiger partial charge in [0.15, 0.2) is 5.84 Å². The third-order valence-corrected chi connectivity index (χ3v) is 2.71. The maximum Gasteiger partial charge on any atom is 0.233 e. The van der Waals surface area contributed by atoms with Crippen molar-refractivity contribution in [2.24, 2.45) is 10.9 Å². The van der Waals surface area contributed by atoms with Crippen LogP contribution < -0.4 is 10.5 Å². The van der Waals surface area contributed by atoms with Gasteiger partial charge in [-0.25, -0.2) is 4.98 Å². The maximum absolute atomic E-state index is 8.62. The van der Waals surface area contributed by atoms with Crippen molar-refractivity contribution in [3.8, 4) is 5.88 Å². The van der Waals surface area contributed by atoms with Gasteiger partial charge in [0.25, 0.3) is 0 Å². The van der Waals surface area contributed by atoms with Crippen molar-refractivity contribution in [1.29, 1.82) is 0 Å². The third-order valence-electron chi connectivity index (χ3n) is 2.35. The molecule has 0 aromatic carbocycles. The lowest BCUT2D eigenvalue weighted by Gasteiger charge is -2.09. The number of halogens is 1. The van der Waals surface area contributed by atoms with Gasteiger partial charge in [0.1, 0.15) is 11.6 Å². The zero-order chi connectivity index (χ0) is 14.1. The maximum atomic E-state index is 8.62. The average molecular weight is 288 g/mol. The van der Waals surface area contributed by atoms with Crippen LogP contribution in [0.5, 0.6) is 5.88 Å². The van der Waals surface area contributed by atoms with Gasteiger partial charge in [-0.05, 0) is 12.5 Å². The highest BCUT2D eigenvalue weighted by atomic mass is 35.5. The molecule has 1 rings (SSSR count). The van der Waals surface area contributed by atoms with E-state index in [2.05, 4.69) is 17.1 Å². The standard InChI is InChI=1S/C12H18ClN3O3/c1-2-3-6-18-7-8-19-12-10(13)9(4-5-15-12)11(14)16-17/h4-5,17H,2-3,6-8H2,1H3,(H2,14,16). The molecule has 1 aromatic rings. The molecule has 0 aliphatic rings. The van der Waals surface area contributed by atoms with Crippen molar-refractivity contribution in [3.05, 3.63) is 22.8 Å². The molecule has 0 aliphatic carbocycles. The Kier molecular flexibility index (Phi) is 6.99. The molecule has 0 bridgehead atoms.